The lowest BCUT2D eigenvalue weighted by atomic mass is 9.75. The first-order valence-electron chi connectivity index (χ1n) is 10.6. The number of H-pyrrole nitrogens is 1. The summed E-state index contributed by atoms with van der Waals surface area (Å²) in [5.74, 6) is 0.611. The van der Waals surface area contributed by atoms with Crippen LogP contribution in [0.2, 0.25) is 0 Å². The Hall–Kier alpha value is -3.16. The Morgan fingerprint density at radius 3 is 2.90 bits per heavy atom. The van der Waals surface area contributed by atoms with Crippen molar-refractivity contribution >= 4 is 5.57 Å². The topological polar surface area (TPSA) is 89.4 Å². The predicted octanol–water partition coefficient (Wildman–Crippen LogP) is 4.37. The van der Waals surface area contributed by atoms with Gasteiger partial charge >= 0.3 is 0 Å². The van der Waals surface area contributed by atoms with Crippen LogP contribution in [0.1, 0.15) is 51.8 Å². The van der Waals surface area contributed by atoms with Crippen LogP contribution in [0.25, 0.3) is 22.6 Å². The molecule has 3 atom stereocenters. The molecule has 0 aromatic carbocycles. The number of nitrogens with one attached hydrogen (secondary N) is 1. The van der Waals surface area contributed by atoms with E-state index in [-0.39, 0.29) is 16.8 Å². The molecule has 0 saturated heterocycles. The number of alkyl halides is 1. The third kappa shape index (κ3) is 4.33. The largest absolute Gasteiger partial charge is 0.347 e. The molecule has 1 fully saturated rings. The zero-order valence-electron chi connectivity index (χ0n) is 17.9. The lowest BCUT2D eigenvalue weighted by molar-refractivity contribution is 0.206. The molecule has 8 heteroatoms. The van der Waals surface area contributed by atoms with Crippen LogP contribution in [0.3, 0.4) is 0 Å². The number of halogens is 1. The molecule has 3 aromatic rings. The van der Waals surface area contributed by atoms with E-state index in [0.717, 1.165) is 25.7 Å². The summed E-state index contributed by atoms with van der Waals surface area (Å²) in [4.78, 5) is 24.0. The number of rotatable bonds is 5. The summed E-state index contributed by atoms with van der Waals surface area (Å²) in [5, 5.41) is 8.38. The van der Waals surface area contributed by atoms with Crippen molar-refractivity contribution in [2.45, 2.75) is 52.1 Å². The average Bonchev–Trinajstić information content (AvgIpc) is 3.27. The molecule has 1 saturated carbocycles. The number of nitrogens with zero attached hydrogens (tertiary/aromatic N) is 5. The second-order valence-electron chi connectivity index (χ2n) is 8.64. The minimum atomic E-state index is -0.956. The van der Waals surface area contributed by atoms with E-state index in [1.165, 1.54) is 12.3 Å². The van der Waals surface area contributed by atoms with Gasteiger partial charge in [0.25, 0.3) is 0 Å². The number of imidazole rings is 1. The zero-order chi connectivity index (χ0) is 22.0. The van der Waals surface area contributed by atoms with E-state index in [4.69, 9.17) is 0 Å². The molecule has 3 heterocycles. The molecule has 31 heavy (non-hydrogen) atoms. The van der Waals surface area contributed by atoms with Gasteiger partial charge in [0.05, 0.1) is 11.8 Å². The maximum absolute atomic E-state index is 14.9. The highest BCUT2D eigenvalue weighted by Gasteiger charge is 2.36. The smallest absolute Gasteiger partial charge is 0.193 e. The minimum absolute atomic E-state index is 0.0894. The normalized spacial score (nSPS) is 24.0. The van der Waals surface area contributed by atoms with Crippen LogP contribution >= 0.6 is 0 Å². The third-order valence-electron chi connectivity index (χ3n) is 6.52. The molecule has 0 spiro atoms. The predicted molar refractivity (Wildman–Crippen MR) is 117 cm³/mol. The number of pyridine rings is 1. The molecule has 1 aliphatic carbocycles. The van der Waals surface area contributed by atoms with Gasteiger partial charge in [-0.15, -0.1) is 10.2 Å². The van der Waals surface area contributed by atoms with Gasteiger partial charge in [0.15, 0.2) is 11.3 Å². The summed E-state index contributed by atoms with van der Waals surface area (Å²) in [6, 6.07) is 1.47. The van der Waals surface area contributed by atoms with E-state index in [1.54, 1.807) is 29.5 Å². The second kappa shape index (κ2) is 8.53. The van der Waals surface area contributed by atoms with Crippen LogP contribution in [0.5, 0.6) is 0 Å². The van der Waals surface area contributed by atoms with Gasteiger partial charge in [-0.05, 0) is 36.7 Å². The average molecular weight is 423 g/mol. The fourth-order valence-corrected chi connectivity index (χ4v) is 4.27. The first kappa shape index (κ1) is 21.1. The fourth-order valence-electron chi connectivity index (χ4n) is 4.27. The van der Waals surface area contributed by atoms with Crippen LogP contribution in [0, 0.1) is 11.3 Å². The van der Waals surface area contributed by atoms with Gasteiger partial charge in [0, 0.05) is 30.6 Å². The molecule has 0 unspecified atom stereocenters. The highest BCUT2D eigenvalue weighted by Crippen LogP contribution is 2.44. The Labute approximate surface area is 180 Å². The van der Waals surface area contributed by atoms with Crippen molar-refractivity contribution in [2.24, 2.45) is 11.3 Å². The fraction of sp³-hybridized carbons (Fsp3) is 0.435. The lowest BCUT2D eigenvalue weighted by Gasteiger charge is -2.31. The van der Waals surface area contributed by atoms with Crippen LogP contribution in [0.4, 0.5) is 4.39 Å². The van der Waals surface area contributed by atoms with Gasteiger partial charge in [0.1, 0.15) is 24.0 Å². The molecular weight excluding hydrogens is 395 g/mol. The van der Waals surface area contributed by atoms with E-state index in [0.29, 0.717) is 34.9 Å². The lowest BCUT2D eigenvalue weighted by Crippen LogP contribution is -2.24. The number of allylic oxidation sites excluding steroid dienone is 1. The van der Waals surface area contributed by atoms with Crippen LogP contribution < -0.4 is 5.43 Å². The van der Waals surface area contributed by atoms with Crippen molar-refractivity contribution in [1.82, 2.24) is 29.7 Å². The third-order valence-corrected chi connectivity index (χ3v) is 6.52. The van der Waals surface area contributed by atoms with Crippen molar-refractivity contribution in [3.05, 3.63) is 59.8 Å². The van der Waals surface area contributed by atoms with E-state index in [9.17, 15) is 9.18 Å². The standard InChI is InChI=1S/C23H27FN6O/c1-4-23(3)7-5-6-18(24)16(11-23)15(2)22-27-13-19(28-29-22)17-12-26-21(10-20(17)31)30-9-8-25-14-30/h8-10,12-14,16,18H,2,4-7,11H2,1,3H3,(H,26,31)/t16-,18+,23+/m0/s1. The van der Waals surface area contributed by atoms with Gasteiger partial charge in [-0.3, -0.25) is 9.36 Å². The Morgan fingerprint density at radius 1 is 1.42 bits per heavy atom. The SMILES string of the molecule is C=C(c1ncc(-c2c[nH]c(-n3ccnc3)cc2=O)nn1)[C@@H]1C[C@](C)(CC)CCC[C@H]1F. The highest BCUT2D eigenvalue weighted by atomic mass is 19.1. The Kier molecular flexibility index (Phi) is 5.80. The molecule has 0 amide bonds. The summed E-state index contributed by atoms with van der Waals surface area (Å²) in [6.07, 6.45) is 11.2. The van der Waals surface area contributed by atoms with Crippen molar-refractivity contribution in [3.8, 4) is 17.1 Å². The minimum Gasteiger partial charge on any atom is -0.347 e. The van der Waals surface area contributed by atoms with E-state index in [2.05, 4.69) is 45.6 Å². The Bertz CT molecular complexity index is 1110. The number of hydrogen-bond acceptors (Lipinski definition) is 5. The molecule has 4 rings (SSSR count). The summed E-state index contributed by atoms with van der Waals surface area (Å²) in [7, 11) is 0. The number of hydrogen-bond donors (Lipinski definition) is 1. The van der Waals surface area contributed by atoms with Crippen LogP contribution in [-0.2, 0) is 0 Å². The van der Waals surface area contributed by atoms with Crippen molar-refractivity contribution < 1.29 is 4.39 Å². The van der Waals surface area contributed by atoms with Crippen molar-refractivity contribution in [1.29, 1.82) is 0 Å². The van der Waals surface area contributed by atoms with Gasteiger partial charge < -0.3 is 4.98 Å². The van der Waals surface area contributed by atoms with E-state index < -0.39 is 6.17 Å². The molecule has 3 aromatic heterocycles. The zero-order valence-corrected chi connectivity index (χ0v) is 17.9. The number of aromatic amines is 1. The molecule has 1 aliphatic rings. The molecule has 0 radical (unpaired) electrons. The number of aromatic nitrogens is 6. The molecule has 1 N–H and O–H groups in total. The first-order chi connectivity index (χ1) is 14.9. The molecule has 0 aliphatic heterocycles. The summed E-state index contributed by atoms with van der Waals surface area (Å²) in [5.41, 5.74) is 1.17. The van der Waals surface area contributed by atoms with Crippen LogP contribution in [-0.4, -0.2) is 35.9 Å². The maximum atomic E-state index is 14.9. The van der Waals surface area contributed by atoms with E-state index in [1.807, 2.05) is 0 Å². The summed E-state index contributed by atoms with van der Waals surface area (Å²) >= 11 is 0. The van der Waals surface area contributed by atoms with E-state index >= 15 is 0 Å². The van der Waals surface area contributed by atoms with Gasteiger partial charge in [0.2, 0.25) is 0 Å². The monoisotopic (exact) mass is 422 g/mol. The van der Waals surface area contributed by atoms with Gasteiger partial charge in [-0.25, -0.2) is 14.4 Å². The van der Waals surface area contributed by atoms with Gasteiger partial charge in [-0.2, -0.15) is 0 Å². The molecule has 0 bridgehead atoms. The van der Waals surface area contributed by atoms with Gasteiger partial charge in [-0.1, -0.05) is 26.8 Å². The maximum Gasteiger partial charge on any atom is 0.193 e. The first-order valence-corrected chi connectivity index (χ1v) is 10.6. The quantitative estimate of drug-likeness (QED) is 0.617. The second-order valence-corrected chi connectivity index (χ2v) is 8.64. The molecular formula is C23H27FN6O. The molecule has 162 valence electrons. The Balaban J connectivity index is 1.56. The summed E-state index contributed by atoms with van der Waals surface area (Å²) < 4.78 is 16.6. The highest BCUT2D eigenvalue weighted by molar-refractivity contribution is 5.62. The van der Waals surface area contributed by atoms with Crippen LogP contribution in [0.15, 0.2) is 48.6 Å². The molecule has 7 nitrogen and oxygen atoms in total. The van der Waals surface area contributed by atoms with Crippen molar-refractivity contribution in [3.63, 3.8) is 0 Å². The Morgan fingerprint density at radius 2 is 2.26 bits per heavy atom. The van der Waals surface area contributed by atoms with Crippen molar-refractivity contribution in [2.75, 3.05) is 0 Å². The summed E-state index contributed by atoms with van der Waals surface area (Å²) in [6.45, 7) is 8.49.